The molecule has 0 aromatic heterocycles. The second kappa shape index (κ2) is 7.19. The molecule has 6 nitrogen and oxygen atoms in total. The number of rotatable bonds is 1. The summed E-state index contributed by atoms with van der Waals surface area (Å²) in [4.78, 5) is 31.5. The maximum Gasteiger partial charge on any atom is 0.434 e. The van der Waals surface area contributed by atoms with Gasteiger partial charge in [0.2, 0.25) is 0 Å². The van der Waals surface area contributed by atoms with Crippen LogP contribution in [0.15, 0.2) is 24.3 Å². The van der Waals surface area contributed by atoms with Gasteiger partial charge >= 0.3 is 6.09 Å². The average molecular weight is 341 g/mol. The number of amides is 2. The molecule has 1 fully saturated rings. The second-order valence-electron chi connectivity index (χ2n) is 6.21. The van der Waals surface area contributed by atoms with Gasteiger partial charge in [0.25, 0.3) is 5.91 Å². The van der Waals surface area contributed by atoms with E-state index in [2.05, 4.69) is 0 Å². The maximum absolute atomic E-state index is 12.5. The fourth-order valence-electron chi connectivity index (χ4n) is 2.08. The standard InChI is InChI=1S/C16H21ClN2O4/c1-16(2,3)23-15(21)19-9-8-18(10-11-22-19)14(20)12-4-6-13(17)7-5-12/h4-7H,8-11H2,1-3H3. The number of hydrogen-bond acceptors (Lipinski definition) is 4. The maximum atomic E-state index is 12.5. The Bertz CT molecular complexity index is 568. The summed E-state index contributed by atoms with van der Waals surface area (Å²) in [6, 6.07) is 6.72. The van der Waals surface area contributed by atoms with Crippen molar-refractivity contribution in [2.24, 2.45) is 0 Å². The highest BCUT2D eigenvalue weighted by atomic mass is 35.5. The van der Waals surface area contributed by atoms with Crippen LogP contribution in [0.5, 0.6) is 0 Å². The zero-order chi connectivity index (χ0) is 17.0. The van der Waals surface area contributed by atoms with Crippen LogP contribution in [0.3, 0.4) is 0 Å². The van der Waals surface area contributed by atoms with Gasteiger partial charge in [-0.25, -0.2) is 4.79 Å². The minimum atomic E-state index is -0.592. The lowest BCUT2D eigenvalue weighted by Gasteiger charge is -2.25. The lowest BCUT2D eigenvalue weighted by molar-refractivity contribution is -0.137. The summed E-state index contributed by atoms with van der Waals surface area (Å²) in [5, 5.41) is 1.75. The highest BCUT2D eigenvalue weighted by Gasteiger charge is 2.27. The fourth-order valence-corrected chi connectivity index (χ4v) is 2.21. The van der Waals surface area contributed by atoms with Crippen molar-refractivity contribution in [2.45, 2.75) is 26.4 Å². The van der Waals surface area contributed by atoms with Crippen LogP contribution < -0.4 is 0 Å². The van der Waals surface area contributed by atoms with E-state index < -0.39 is 11.7 Å². The van der Waals surface area contributed by atoms with E-state index in [1.165, 1.54) is 5.06 Å². The number of benzene rings is 1. The Morgan fingerprint density at radius 1 is 1.13 bits per heavy atom. The van der Waals surface area contributed by atoms with Gasteiger partial charge in [0.1, 0.15) is 5.60 Å². The topological polar surface area (TPSA) is 59.1 Å². The normalized spacial score (nSPS) is 16.0. The molecule has 1 aromatic rings. The molecule has 1 aromatic carbocycles. The van der Waals surface area contributed by atoms with Gasteiger partial charge in [0, 0.05) is 23.7 Å². The molecular formula is C16H21ClN2O4. The highest BCUT2D eigenvalue weighted by molar-refractivity contribution is 6.30. The smallest absolute Gasteiger partial charge is 0.434 e. The molecule has 0 spiro atoms. The van der Waals surface area contributed by atoms with Crippen LogP contribution in [0.25, 0.3) is 0 Å². The largest absolute Gasteiger partial charge is 0.442 e. The fraction of sp³-hybridized carbons (Fsp3) is 0.500. The molecule has 0 unspecified atom stereocenters. The Morgan fingerprint density at radius 3 is 2.39 bits per heavy atom. The van der Waals surface area contributed by atoms with Gasteiger partial charge in [0.05, 0.1) is 13.2 Å². The molecule has 1 aliphatic rings. The number of carbonyl (C=O) groups is 2. The lowest BCUT2D eigenvalue weighted by Crippen LogP contribution is -2.39. The third kappa shape index (κ3) is 5.11. The quantitative estimate of drug-likeness (QED) is 0.788. The summed E-state index contributed by atoms with van der Waals surface area (Å²) in [5.74, 6) is -0.115. The van der Waals surface area contributed by atoms with Gasteiger partial charge in [-0.05, 0) is 45.0 Å². The number of hydrogen-bond donors (Lipinski definition) is 0. The van der Waals surface area contributed by atoms with Crippen molar-refractivity contribution in [3.63, 3.8) is 0 Å². The first-order valence-electron chi connectivity index (χ1n) is 7.44. The Morgan fingerprint density at radius 2 is 1.78 bits per heavy atom. The Hall–Kier alpha value is -1.79. The van der Waals surface area contributed by atoms with E-state index >= 15 is 0 Å². The predicted octanol–water partition coefficient (Wildman–Crippen LogP) is 2.96. The molecule has 2 rings (SSSR count). The molecular weight excluding hydrogens is 320 g/mol. The van der Waals surface area contributed by atoms with Gasteiger partial charge in [-0.15, -0.1) is 0 Å². The number of carbonyl (C=O) groups excluding carboxylic acids is 2. The van der Waals surface area contributed by atoms with E-state index in [1.807, 2.05) is 0 Å². The monoisotopic (exact) mass is 340 g/mol. The third-order valence-corrected chi connectivity index (χ3v) is 3.41. The predicted molar refractivity (Wildman–Crippen MR) is 86.2 cm³/mol. The van der Waals surface area contributed by atoms with E-state index in [4.69, 9.17) is 21.2 Å². The average Bonchev–Trinajstić information content (AvgIpc) is 2.71. The van der Waals surface area contributed by atoms with Gasteiger partial charge in [0.15, 0.2) is 0 Å². The molecule has 0 radical (unpaired) electrons. The number of nitrogens with zero attached hydrogens (tertiary/aromatic N) is 2. The minimum Gasteiger partial charge on any atom is -0.442 e. The van der Waals surface area contributed by atoms with Crippen LogP contribution in [-0.2, 0) is 9.57 Å². The summed E-state index contributed by atoms with van der Waals surface area (Å²) in [5.41, 5.74) is -0.0360. The van der Waals surface area contributed by atoms with E-state index in [-0.39, 0.29) is 19.1 Å². The van der Waals surface area contributed by atoms with Crippen LogP contribution >= 0.6 is 11.6 Å². The van der Waals surface area contributed by atoms with E-state index in [1.54, 1.807) is 49.9 Å². The number of hydroxylamine groups is 2. The molecule has 0 saturated carbocycles. The molecule has 1 heterocycles. The van der Waals surface area contributed by atoms with Crippen LogP contribution in [0, 0.1) is 0 Å². The second-order valence-corrected chi connectivity index (χ2v) is 6.65. The first kappa shape index (κ1) is 17.6. The van der Waals surface area contributed by atoms with Gasteiger partial charge < -0.3 is 9.64 Å². The van der Waals surface area contributed by atoms with Crippen molar-refractivity contribution >= 4 is 23.6 Å². The molecule has 23 heavy (non-hydrogen) atoms. The van der Waals surface area contributed by atoms with Crippen molar-refractivity contribution < 1.29 is 19.2 Å². The van der Waals surface area contributed by atoms with Crippen molar-refractivity contribution in [1.82, 2.24) is 9.96 Å². The zero-order valence-corrected chi connectivity index (χ0v) is 14.3. The van der Waals surface area contributed by atoms with Crippen LogP contribution in [0.2, 0.25) is 5.02 Å². The molecule has 0 N–H and O–H groups in total. The van der Waals surface area contributed by atoms with Gasteiger partial charge in [-0.1, -0.05) is 11.6 Å². The van der Waals surface area contributed by atoms with E-state index in [0.29, 0.717) is 23.7 Å². The zero-order valence-electron chi connectivity index (χ0n) is 13.5. The Labute approximate surface area is 140 Å². The van der Waals surface area contributed by atoms with Crippen LogP contribution in [0.4, 0.5) is 4.79 Å². The molecule has 0 aliphatic carbocycles. The summed E-state index contributed by atoms with van der Waals surface area (Å²) in [6.07, 6.45) is -0.543. The molecule has 0 bridgehead atoms. The molecule has 1 aliphatic heterocycles. The lowest BCUT2D eigenvalue weighted by atomic mass is 10.2. The SMILES string of the molecule is CC(C)(C)OC(=O)N1CCN(C(=O)c2ccc(Cl)cc2)CCO1. The molecule has 0 atom stereocenters. The third-order valence-electron chi connectivity index (χ3n) is 3.16. The van der Waals surface area contributed by atoms with Crippen LogP contribution in [-0.4, -0.2) is 53.8 Å². The summed E-state index contributed by atoms with van der Waals surface area (Å²) in [7, 11) is 0. The number of ether oxygens (including phenoxy) is 1. The summed E-state index contributed by atoms with van der Waals surface area (Å²) in [6.45, 7) is 6.64. The Kier molecular flexibility index (Phi) is 5.49. The van der Waals surface area contributed by atoms with Gasteiger partial charge in [-0.2, -0.15) is 5.06 Å². The van der Waals surface area contributed by atoms with Crippen molar-refractivity contribution in [3.8, 4) is 0 Å². The summed E-state index contributed by atoms with van der Waals surface area (Å²) >= 11 is 5.83. The molecule has 2 amide bonds. The van der Waals surface area contributed by atoms with Crippen LogP contribution in [0.1, 0.15) is 31.1 Å². The molecule has 126 valence electrons. The van der Waals surface area contributed by atoms with Gasteiger partial charge in [-0.3, -0.25) is 9.63 Å². The highest BCUT2D eigenvalue weighted by Crippen LogP contribution is 2.14. The summed E-state index contributed by atoms with van der Waals surface area (Å²) < 4.78 is 5.27. The Balaban J connectivity index is 1.97. The number of halogens is 1. The van der Waals surface area contributed by atoms with E-state index in [9.17, 15) is 9.59 Å². The molecule has 1 saturated heterocycles. The van der Waals surface area contributed by atoms with Crippen molar-refractivity contribution in [2.75, 3.05) is 26.2 Å². The van der Waals surface area contributed by atoms with E-state index in [0.717, 1.165) is 0 Å². The van der Waals surface area contributed by atoms with Crippen molar-refractivity contribution in [3.05, 3.63) is 34.9 Å². The first-order valence-corrected chi connectivity index (χ1v) is 7.82. The molecule has 7 heteroatoms. The first-order chi connectivity index (χ1) is 10.8. The van der Waals surface area contributed by atoms with Crippen molar-refractivity contribution in [1.29, 1.82) is 0 Å². The minimum absolute atomic E-state index is 0.115.